The van der Waals surface area contributed by atoms with Crippen molar-refractivity contribution in [3.8, 4) is 22.4 Å². The summed E-state index contributed by atoms with van der Waals surface area (Å²) >= 11 is 0. The molecule has 6 heterocycles. The van der Waals surface area contributed by atoms with Crippen LogP contribution in [0.5, 0.6) is 0 Å². The van der Waals surface area contributed by atoms with Crippen LogP contribution in [0.3, 0.4) is 0 Å². The fraction of sp³-hybridized carbons (Fsp3) is 0.392. The summed E-state index contributed by atoms with van der Waals surface area (Å²) in [6.07, 6.45) is 2.49. The molecule has 67 heavy (non-hydrogen) atoms. The molecule has 10 rings (SSSR count). The average molecular weight is 907 g/mol. The van der Waals surface area contributed by atoms with Gasteiger partial charge in [0.15, 0.2) is 5.82 Å². The van der Waals surface area contributed by atoms with E-state index in [1.165, 1.54) is 16.7 Å². The van der Waals surface area contributed by atoms with Crippen LogP contribution < -0.4 is 15.5 Å². The third-order valence-corrected chi connectivity index (χ3v) is 13.9. The largest absolute Gasteiger partial charge is 0.369 e. The van der Waals surface area contributed by atoms with Crippen LogP contribution in [0.15, 0.2) is 77.3 Å². The predicted molar refractivity (Wildman–Crippen MR) is 250 cm³/mol. The fourth-order valence-electron chi connectivity index (χ4n) is 10.0. The van der Waals surface area contributed by atoms with Gasteiger partial charge in [-0.3, -0.25) is 39.4 Å². The number of hydrogen-bond donors (Lipinski definition) is 3. The van der Waals surface area contributed by atoms with Crippen molar-refractivity contribution in [3.05, 3.63) is 118 Å². The maximum Gasteiger partial charge on any atom is 0.315 e. The maximum atomic E-state index is 15.4. The smallest absolute Gasteiger partial charge is 0.315 e. The second-order valence-corrected chi connectivity index (χ2v) is 19.4. The van der Waals surface area contributed by atoms with Crippen LogP contribution in [0.1, 0.15) is 95.6 Å². The molecule has 3 saturated heterocycles. The first kappa shape index (κ1) is 44.1. The number of halogens is 1. The van der Waals surface area contributed by atoms with Crippen LogP contribution in [0.2, 0.25) is 0 Å². The monoisotopic (exact) mass is 906 g/mol. The van der Waals surface area contributed by atoms with Crippen molar-refractivity contribution in [2.75, 3.05) is 44.2 Å². The minimum Gasteiger partial charge on any atom is -0.369 e. The van der Waals surface area contributed by atoms with Gasteiger partial charge in [-0.05, 0) is 109 Å². The number of aromatic amines is 1. The number of aromatic nitrogens is 4. The number of anilines is 1. The topological polar surface area (TPSA) is 173 Å². The number of H-pyrrole nitrogens is 1. The number of nitrogens with one attached hydrogen (secondary N) is 3. The lowest BCUT2D eigenvalue weighted by molar-refractivity contribution is -0.136. The van der Waals surface area contributed by atoms with E-state index in [0.717, 1.165) is 102 Å². The molecule has 0 spiro atoms. The van der Waals surface area contributed by atoms with Crippen molar-refractivity contribution in [2.45, 2.75) is 90.5 Å². The minimum absolute atomic E-state index is 0.0408. The highest BCUT2D eigenvalue weighted by atomic mass is 19.1. The highest BCUT2D eigenvalue weighted by Gasteiger charge is 2.41. The Bertz CT molecular complexity index is 2890. The van der Waals surface area contributed by atoms with Gasteiger partial charge in [-0.15, -0.1) is 0 Å². The number of carbonyl (C=O) groups is 4. The SMILES string of the molecule is Cc1cc(-c2n[nH]c3ccc(-c4ccc(N5CCN(C6CCN(Cc7cc(F)c8c(c7)CN(C7CCC(=O)NC7=O)C8=O)CC6)CC5)cc4)cc23)ccc1CNC(=O)c1nc(C(C)(C)C)no1. The first-order valence-corrected chi connectivity index (χ1v) is 23.2. The average Bonchev–Trinajstić information content (AvgIpc) is 4.07. The van der Waals surface area contributed by atoms with Crippen molar-refractivity contribution in [1.29, 1.82) is 0 Å². The molecule has 0 radical (unpaired) electrons. The van der Waals surface area contributed by atoms with Gasteiger partial charge in [0, 0.05) is 80.3 Å². The zero-order chi connectivity index (χ0) is 46.6. The number of amides is 4. The van der Waals surface area contributed by atoms with Crippen LogP contribution in [0.4, 0.5) is 10.1 Å². The molecule has 4 amide bonds. The van der Waals surface area contributed by atoms with Crippen LogP contribution in [-0.2, 0) is 34.6 Å². The van der Waals surface area contributed by atoms with Crippen LogP contribution in [0.25, 0.3) is 33.3 Å². The Labute approximate surface area is 388 Å². The summed E-state index contributed by atoms with van der Waals surface area (Å²) in [6, 6.07) is 24.5. The first-order valence-electron chi connectivity index (χ1n) is 23.2. The molecular formula is C51H55FN10O5. The fourth-order valence-corrected chi connectivity index (χ4v) is 10.0. The second-order valence-electron chi connectivity index (χ2n) is 19.4. The molecule has 2 aromatic heterocycles. The Kier molecular flexibility index (Phi) is 11.7. The molecule has 6 aromatic rings. The highest BCUT2D eigenvalue weighted by molar-refractivity contribution is 6.05. The molecule has 1 atom stereocenters. The molecule has 1 unspecified atom stereocenters. The Morgan fingerprint density at radius 3 is 2.34 bits per heavy atom. The molecule has 3 fully saturated rings. The number of carbonyl (C=O) groups excluding carboxylic acids is 4. The number of rotatable bonds is 10. The van der Waals surface area contributed by atoms with E-state index in [-0.39, 0.29) is 42.2 Å². The highest BCUT2D eigenvalue weighted by Crippen LogP contribution is 2.34. The van der Waals surface area contributed by atoms with Gasteiger partial charge in [0.05, 0.1) is 16.8 Å². The number of likely N-dealkylation sites (tertiary alicyclic amines) is 1. The summed E-state index contributed by atoms with van der Waals surface area (Å²) in [5.74, 6) is -1.84. The standard InChI is InChI=1S/C51H55FN10O5/c1-30-23-34(5-6-35(30)27-53-47(65)48-55-50(58-67-48)51(2,3)4)45-39-26-33(9-12-41(39)56-57-45)32-7-10-37(11-8-32)60-19-21-61(22-20-60)38-15-17-59(18-16-38)28-31-24-36-29-62(49(66)44(36)40(52)25-31)42-13-14-43(63)54-46(42)64/h5-12,23-26,38,42H,13-22,27-29H2,1-4H3,(H,53,65)(H,56,57)(H,54,63,64). The third kappa shape index (κ3) is 8.95. The zero-order valence-corrected chi connectivity index (χ0v) is 38.3. The third-order valence-electron chi connectivity index (χ3n) is 13.9. The number of hydrogen-bond acceptors (Lipinski definition) is 11. The number of fused-ring (bicyclic) bond motifs is 2. The van der Waals surface area contributed by atoms with Crippen LogP contribution >= 0.6 is 0 Å². The van der Waals surface area contributed by atoms with Crippen molar-refractivity contribution in [1.82, 2.24) is 45.7 Å². The molecule has 0 aliphatic carbocycles. The lowest BCUT2D eigenvalue weighted by atomic mass is 9.96. The van der Waals surface area contributed by atoms with E-state index in [2.05, 4.69) is 89.1 Å². The van der Waals surface area contributed by atoms with E-state index in [1.54, 1.807) is 0 Å². The van der Waals surface area contributed by atoms with Gasteiger partial charge in [0.2, 0.25) is 11.8 Å². The minimum atomic E-state index is -0.764. The van der Waals surface area contributed by atoms with E-state index < -0.39 is 29.6 Å². The number of piperidine rings is 2. The Hall–Kier alpha value is -6.78. The number of benzene rings is 4. The van der Waals surface area contributed by atoms with Crippen molar-refractivity contribution < 1.29 is 28.1 Å². The van der Waals surface area contributed by atoms with Crippen molar-refractivity contribution in [2.24, 2.45) is 0 Å². The van der Waals surface area contributed by atoms with E-state index in [9.17, 15) is 19.2 Å². The predicted octanol–water partition coefficient (Wildman–Crippen LogP) is 6.50. The number of nitrogens with zero attached hydrogens (tertiary/aromatic N) is 7. The maximum absolute atomic E-state index is 15.4. The Morgan fingerprint density at radius 2 is 1.63 bits per heavy atom. The van der Waals surface area contributed by atoms with Crippen molar-refractivity contribution in [3.63, 3.8) is 0 Å². The summed E-state index contributed by atoms with van der Waals surface area (Å²) in [6.45, 7) is 14.7. The van der Waals surface area contributed by atoms with E-state index >= 15 is 4.39 Å². The molecule has 0 bridgehead atoms. The quantitative estimate of drug-likeness (QED) is 0.128. The van der Waals surface area contributed by atoms with Gasteiger partial charge < -0.3 is 19.6 Å². The molecule has 4 aliphatic heterocycles. The normalized spacial score (nSPS) is 18.8. The molecule has 16 heteroatoms. The van der Waals surface area contributed by atoms with Gasteiger partial charge in [-0.25, -0.2) is 4.39 Å². The number of piperazine rings is 1. The molecule has 15 nitrogen and oxygen atoms in total. The van der Waals surface area contributed by atoms with E-state index in [1.807, 2.05) is 45.9 Å². The van der Waals surface area contributed by atoms with Crippen molar-refractivity contribution >= 4 is 40.2 Å². The molecule has 4 aliphatic rings. The first-order chi connectivity index (χ1) is 32.2. The molecule has 0 saturated carbocycles. The van der Waals surface area contributed by atoms with Crippen LogP contribution in [-0.4, -0.2) is 110 Å². The summed E-state index contributed by atoms with van der Waals surface area (Å²) in [5, 5.41) is 18.1. The Morgan fingerprint density at radius 1 is 0.881 bits per heavy atom. The summed E-state index contributed by atoms with van der Waals surface area (Å²) < 4.78 is 20.6. The van der Waals surface area contributed by atoms with Gasteiger partial charge in [0.25, 0.3) is 5.91 Å². The summed E-state index contributed by atoms with van der Waals surface area (Å²) in [5.41, 5.74) is 9.41. The van der Waals surface area contributed by atoms with Gasteiger partial charge in [-0.2, -0.15) is 10.1 Å². The Balaban J connectivity index is 0.711. The lowest BCUT2D eigenvalue weighted by Gasteiger charge is -2.43. The second kappa shape index (κ2) is 17.8. The molecule has 346 valence electrons. The summed E-state index contributed by atoms with van der Waals surface area (Å²) in [4.78, 5) is 63.1. The molecule has 3 N–H and O–H groups in total. The summed E-state index contributed by atoms with van der Waals surface area (Å²) in [7, 11) is 0. The zero-order valence-electron chi connectivity index (χ0n) is 38.3. The van der Waals surface area contributed by atoms with Gasteiger partial charge in [0.1, 0.15) is 11.9 Å². The van der Waals surface area contributed by atoms with Gasteiger partial charge in [-0.1, -0.05) is 62.3 Å². The molecule has 4 aromatic carbocycles. The van der Waals surface area contributed by atoms with Crippen LogP contribution in [0, 0.1) is 12.7 Å². The van der Waals surface area contributed by atoms with E-state index in [4.69, 9.17) is 9.62 Å². The van der Waals surface area contributed by atoms with Gasteiger partial charge >= 0.3 is 11.8 Å². The molecular weight excluding hydrogens is 852 g/mol. The van der Waals surface area contributed by atoms with E-state index in [0.29, 0.717) is 30.5 Å². The number of aryl methyl sites for hydroxylation is 1. The lowest BCUT2D eigenvalue weighted by Crippen LogP contribution is -2.53. The number of imide groups is 1.